The first kappa shape index (κ1) is 15.6. The molecule has 0 radical (unpaired) electrons. The number of amides is 2. The van der Waals surface area contributed by atoms with Gasteiger partial charge in [0.1, 0.15) is 0 Å². The van der Waals surface area contributed by atoms with Gasteiger partial charge >= 0.3 is 6.03 Å². The number of benzene rings is 2. The summed E-state index contributed by atoms with van der Waals surface area (Å²) >= 11 is 3.44. The minimum atomic E-state index is -0.188. The lowest BCUT2D eigenvalue weighted by Gasteiger charge is -2.10. The van der Waals surface area contributed by atoms with Gasteiger partial charge in [-0.25, -0.2) is 4.79 Å². The van der Waals surface area contributed by atoms with Crippen LogP contribution in [-0.2, 0) is 6.42 Å². The molecule has 2 amide bonds. The first-order chi connectivity index (χ1) is 10.0. The highest BCUT2D eigenvalue weighted by Crippen LogP contribution is 2.23. The lowest BCUT2D eigenvalue weighted by Crippen LogP contribution is -2.30. The Morgan fingerprint density at radius 1 is 1.05 bits per heavy atom. The molecule has 0 unspecified atom stereocenters. The molecule has 0 aliphatic rings. The summed E-state index contributed by atoms with van der Waals surface area (Å²) < 4.78 is 0.885. The summed E-state index contributed by atoms with van der Waals surface area (Å²) in [4.78, 5) is 11.9. The van der Waals surface area contributed by atoms with Crippen LogP contribution >= 0.6 is 15.9 Å². The maximum atomic E-state index is 11.9. The Bertz CT molecular complexity index is 623. The summed E-state index contributed by atoms with van der Waals surface area (Å²) in [5, 5.41) is 5.70. The van der Waals surface area contributed by atoms with Crippen LogP contribution < -0.4 is 10.6 Å². The Labute approximate surface area is 133 Å². The van der Waals surface area contributed by atoms with Gasteiger partial charge in [-0.05, 0) is 59.5 Å². The number of urea groups is 1. The third kappa shape index (κ3) is 4.90. The maximum Gasteiger partial charge on any atom is 0.319 e. The number of carbonyl (C=O) groups excluding carboxylic acids is 1. The van der Waals surface area contributed by atoms with Crippen molar-refractivity contribution in [3.05, 3.63) is 63.6 Å². The monoisotopic (exact) mass is 346 g/mol. The highest BCUT2D eigenvalue weighted by Gasteiger charge is 2.04. The quantitative estimate of drug-likeness (QED) is 0.844. The van der Waals surface area contributed by atoms with Crippen molar-refractivity contribution in [2.75, 3.05) is 11.9 Å². The van der Waals surface area contributed by atoms with E-state index >= 15 is 0 Å². The number of halogens is 1. The summed E-state index contributed by atoms with van der Waals surface area (Å²) in [5.74, 6) is 0. The van der Waals surface area contributed by atoms with E-state index in [1.165, 1.54) is 11.1 Å². The summed E-state index contributed by atoms with van der Waals surface area (Å²) in [6.45, 7) is 4.68. The zero-order valence-corrected chi connectivity index (χ0v) is 13.8. The zero-order chi connectivity index (χ0) is 15.2. The molecular formula is C17H19BrN2O. The van der Waals surface area contributed by atoms with E-state index in [1.54, 1.807) is 0 Å². The molecular weight excluding hydrogens is 328 g/mol. The Morgan fingerprint density at radius 2 is 1.71 bits per heavy atom. The standard InChI is InChI=1S/C17H19BrN2O/c1-12-3-6-14(7-4-12)9-10-19-17(21)20-16-8-5-13(2)11-15(16)18/h3-8,11H,9-10H2,1-2H3,(H2,19,20,21). The van der Waals surface area contributed by atoms with E-state index in [4.69, 9.17) is 0 Å². The van der Waals surface area contributed by atoms with Gasteiger partial charge in [0.05, 0.1) is 5.69 Å². The fourth-order valence-electron chi connectivity index (χ4n) is 1.96. The minimum Gasteiger partial charge on any atom is -0.338 e. The lowest BCUT2D eigenvalue weighted by atomic mass is 10.1. The molecule has 0 fully saturated rings. The fourth-order valence-corrected chi connectivity index (χ4v) is 2.56. The molecule has 0 aliphatic heterocycles. The topological polar surface area (TPSA) is 41.1 Å². The smallest absolute Gasteiger partial charge is 0.319 e. The van der Waals surface area contributed by atoms with Crippen LogP contribution in [0.2, 0.25) is 0 Å². The van der Waals surface area contributed by atoms with Gasteiger partial charge in [0.2, 0.25) is 0 Å². The summed E-state index contributed by atoms with van der Waals surface area (Å²) in [6.07, 6.45) is 0.822. The molecule has 0 heterocycles. The SMILES string of the molecule is Cc1ccc(CCNC(=O)Nc2ccc(C)cc2Br)cc1. The molecule has 0 bridgehead atoms. The number of carbonyl (C=O) groups is 1. The van der Waals surface area contributed by atoms with Crippen LogP contribution in [0.1, 0.15) is 16.7 Å². The van der Waals surface area contributed by atoms with Crippen LogP contribution in [0.15, 0.2) is 46.9 Å². The molecule has 0 spiro atoms. The fraction of sp³-hybridized carbons (Fsp3) is 0.235. The lowest BCUT2D eigenvalue weighted by molar-refractivity contribution is 0.252. The van der Waals surface area contributed by atoms with Gasteiger partial charge in [-0.1, -0.05) is 35.9 Å². The van der Waals surface area contributed by atoms with Crippen molar-refractivity contribution in [2.45, 2.75) is 20.3 Å². The molecule has 0 saturated heterocycles. The van der Waals surface area contributed by atoms with Gasteiger partial charge in [0.25, 0.3) is 0 Å². The molecule has 2 N–H and O–H groups in total. The summed E-state index contributed by atoms with van der Waals surface area (Å²) in [5.41, 5.74) is 4.38. The molecule has 4 heteroatoms. The molecule has 2 rings (SSSR count). The third-order valence-electron chi connectivity index (χ3n) is 3.19. The highest BCUT2D eigenvalue weighted by molar-refractivity contribution is 9.10. The largest absolute Gasteiger partial charge is 0.338 e. The number of anilines is 1. The van der Waals surface area contributed by atoms with Crippen molar-refractivity contribution >= 4 is 27.6 Å². The molecule has 3 nitrogen and oxygen atoms in total. The molecule has 0 saturated carbocycles. The molecule has 21 heavy (non-hydrogen) atoms. The van der Waals surface area contributed by atoms with E-state index in [1.807, 2.05) is 25.1 Å². The second-order valence-corrected chi connectivity index (χ2v) is 5.95. The first-order valence-corrected chi connectivity index (χ1v) is 7.70. The summed E-state index contributed by atoms with van der Waals surface area (Å²) in [6, 6.07) is 14.0. The molecule has 0 aliphatic carbocycles. The molecule has 110 valence electrons. The number of hydrogen-bond acceptors (Lipinski definition) is 1. The Balaban J connectivity index is 1.81. The predicted octanol–water partition coefficient (Wildman–Crippen LogP) is 4.43. The minimum absolute atomic E-state index is 0.188. The molecule has 2 aromatic carbocycles. The van der Waals surface area contributed by atoms with Crippen LogP contribution in [0.5, 0.6) is 0 Å². The first-order valence-electron chi connectivity index (χ1n) is 6.91. The van der Waals surface area contributed by atoms with Gasteiger partial charge in [-0.15, -0.1) is 0 Å². The average molecular weight is 347 g/mol. The van der Waals surface area contributed by atoms with E-state index in [9.17, 15) is 4.79 Å². The van der Waals surface area contributed by atoms with E-state index in [0.29, 0.717) is 6.54 Å². The second-order valence-electron chi connectivity index (χ2n) is 5.10. The molecule has 0 aromatic heterocycles. The van der Waals surface area contributed by atoms with Crippen molar-refractivity contribution in [2.24, 2.45) is 0 Å². The highest BCUT2D eigenvalue weighted by atomic mass is 79.9. The van der Waals surface area contributed by atoms with Crippen LogP contribution in [0.25, 0.3) is 0 Å². The number of nitrogens with one attached hydrogen (secondary N) is 2. The molecule has 2 aromatic rings. The summed E-state index contributed by atoms with van der Waals surface area (Å²) in [7, 11) is 0. The van der Waals surface area contributed by atoms with Gasteiger partial charge < -0.3 is 10.6 Å². The van der Waals surface area contributed by atoms with Gasteiger partial charge in [0.15, 0.2) is 0 Å². The van der Waals surface area contributed by atoms with E-state index < -0.39 is 0 Å². The van der Waals surface area contributed by atoms with Gasteiger partial charge in [-0.3, -0.25) is 0 Å². The average Bonchev–Trinajstić information content (AvgIpc) is 2.44. The van der Waals surface area contributed by atoms with Crippen LogP contribution in [0, 0.1) is 13.8 Å². The van der Waals surface area contributed by atoms with E-state index in [2.05, 4.69) is 57.8 Å². The third-order valence-corrected chi connectivity index (χ3v) is 3.85. The van der Waals surface area contributed by atoms with Crippen molar-refractivity contribution in [3.8, 4) is 0 Å². The number of hydrogen-bond donors (Lipinski definition) is 2. The van der Waals surface area contributed by atoms with E-state index in [0.717, 1.165) is 22.1 Å². The second kappa shape index (κ2) is 7.27. The number of aryl methyl sites for hydroxylation is 2. The van der Waals surface area contributed by atoms with Crippen LogP contribution in [0.3, 0.4) is 0 Å². The van der Waals surface area contributed by atoms with Gasteiger partial charge in [0, 0.05) is 11.0 Å². The Hall–Kier alpha value is -1.81. The number of rotatable bonds is 4. The Morgan fingerprint density at radius 3 is 2.38 bits per heavy atom. The van der Waals surface area contributed by atoms with Crippen LogP contribution in [0.4, 0.5) is 10.5 Å². The van der Waals surface area contributed by atoms with Crippen molar-refractivity contribution in [1.29, 1.82) is 0 Å². The zero-order valence-electron chi connectivity index (χ0n) is 12.2. The van der Waals surface area contributed by atoms with Gasteiger partial charge in [-0.2, -0.15) is 0 Å². The maximum absolute atomic E-state index is 11.9. The molecule has 0 atom stereocenters. The van der Waals surface area contributed by atoms with E-state index in [-0.39, 0.29) is 6.03 Å². The normalized spacial score (nSPS) is 10.2. The van der Waals surface area contributed by atoms with Crippen LogP contribution in [-0.4, -0.2) is 12.6 Å². The van der Waals surface area contributed by atoms with Crippen molar-refractivity contribution < 1.29 is 4.79 Å². The Kier molecular flexibility index (Phi) is 5.39. The van der Waals surface area contributed by atoms with Crippen molar-refractivity contribution in [1.82, 2.24) is 5.32 Å². The van der Waals surface area contributed by atoms with Crippen molar-refractivity contribution in [3.63, 3.8) is 0 Å². The predicted molar refractivity (Wildman–Crippen MR) is 90.8 cm³/mol.